The average Bonchev–Trinajstić information content (AvgIpc) is 1.64. The molecule has 26 nitrogen and oxygen atoms in total. The van der Waals surface area contributed by atoms with E-state index in [1.165, 1.54) is 43.5 Å². The molecule has 642 valence electrons. The number of aliphatic hydroxyl groups is 1. The number of nitrogens with two attached hydrogens (primary N) is 4. The van der Waals surface area contributed by atoms with Crippen LogP contribution in [0.5, 0.6) is 23.0 Å². The summed E-state index contributed by atoms with van der Waals surface area (Å²) in [5.41, 5.74) is 37.3. The fraction of sp³-hybridized carbons (Fsp3) is 0.437. The summed E-state index contributed by atoms with van der Waals surface area (Å²) in [6.07, 6.45) is 13.8. The molecule has 0 unspecified atom stereocenters. The summed E-state index contributed by atoms with van der Waals surface area (Å²) in [7, 11) is 0. The van der Waals surface area contributed by atoms with Crippen molar-refractivity contribution in [1.29, 1.82) is 0 Å². The third kappa shape index (κ3) is 22.8. The van der Waals surface area contributed by atoms with Crippen LogP contribution in [0.4, 0.5) is 23.3 Å². The lowest BCUT2D eigenvalue weighted by atomic mass is 9.93. The molecule has 0 bridgehead atoms. The number of anilines is 4. The smallest absolute Gasteiger partial charge is 0.251 e. The minimum absolute atomic E-state index is 0.115. The number of amides is 1. The van der Waals surface area contributed by atoms with Gasteiger partial charge in [-0.2, -0.15) is 0 Å². The number of aliphatic hydroxyl groups excluding tert-OH is 1. The molecule has 0 aliphatic carbocycles. The van der Waals surface area contributed by atoms with E-state index >= 15 is 0 Å². The molecule has 12 N–H and O–H groups in total. The number of imidazole rings is 4. The Bertz CT molecular complexity index is 5340. The topological polar surface area (TPSA) is 340 Å². The fourth-order valence-electron chi connectivity index (χ4n) is 14.8. The number of carbonyl (C=O) groups excluding carboxylic acids is 1. The first-order valence-corrected chi connectivity index (χ1v) is 48.5. The van der Waals surface area contributed by atoms with Gasteiger partial charge in [-0.1, -0.05) is 88.6 Å². The van der Waals surface area contributed by atoms with E-state index in [-0.39, 0.29) is 22.3 Å². The van der Waals surface area contributed by atoms with Gasteiger partial charge in [0.1, 0.15) is 51.2 Å². The minimum atomic E-state index is -0.931. The lowest BCUT2D eigenvalue weighted by molar-refractivity contribution is -0.140. The van der Waals surface area contributed by atoms with Crippen LogP contribution in [0.2, 0.25) is 0 Å². The van der Waals surface area contributed by atoms with Crippen LogP contribution >= 0.6 is 137 Å². The van der Waals surface area contributed by atoms with Crippen LogP contribution < -0.4 is 57.8 Å². The van der Waals surface area contributed by atoms with E-state index in [1.807, 2.05) is 24.3 Å². The number of hydrogen-bond acceptors (Lipinski definition) is 25. The van der Waals surface area contributed by atoms with E-state index in [0.29, 0.717) is 42.3 Å². The molecule has 0 spiro atoms. The van der Waals surface area contributed by atoms with Crippen molar-refractivity contribution in [2.24, 2.45) is 16.7 Å². The number of carbonyl (C=O) groups is 1. The number of nitrogens with zero attached hydrogens (tertiary/aromatic N) is 13. The number of piperidine rings is 1. The van der Waals surface area contributed by atoms with Gasteiger partial charge in [-0.05, 0) is 262 Å². The molecule has 1 amide bonds. The van der Waals surface area contributed by atoms with Gasteiger partial charge in [-0.25, -0.2) is 39.9 Å². The standard InChI is InChI=1S/C24H28IN5O3S.3C21H26IN5OS/c1-14(31)23(32)29-8-3-15(4-9-29)5-10-30-18-2-7-27-22(26)21(18)28-24(30)34-20-13-19-16(6-11-33-19)12-17(20)25;1-21(2,3)25-7-4-9-27-15-5-8-24-19(23)18(15)26-20(27)29-17-12-16-13(6-10-28-16)11-14(17)22;2*1-21(2,3)12-24-7-8-27-15-4-6-25-19(23)18(15)26-20(27)29-17-11-16-13(5-9-28-16)10-14(17)22/h2,7,12-15,31H,3-6,8-11H2,1H3,(H2,26,27);5,8,11-12,25H,4,6-7,9-10H2,1-3H3,(H2,23,24);2*4,6,10-11,24H,5,7-9,12H2,1-3H3,(H2,23,25)/t14-;;;/m0.../s1/i25-3;2*22+4;22-3. The molecule has 17 rings (SSSR count). The largest absolute Gasteiger partial charge is 0.493 e. The molecule has 5 aliphatic rings. The number of nitrogen functional groups attached to an aromatic ring is 4. The lowest BCUT2D eigenvalue weighted by Gasteiger charge is -2.32. The number of hydrogen-bond donors (Lipinski definition) is 8. The van der Waals surface area contributed by atoms with Crippen LogP contribution in [0.1, 0.15) is 117 Å². The molecule has 8 aromatic heterocycles. The first-order chi connectivity index (χ1) is 57.8. The summed E-state index contributed by atoms with van der Waals surface area (Å²) < 4.78 is 36.9. The van der Waals surface area contributed by atoms with Crippen molar-refractivity contribution in [3.8, 4) is 23.0 Å². The summed E-state index contributed by atoms with van der Waals surface area (Å²) >= 11 is 16.2. The Balaban J connectivity index is 0.000000132. The minimum Gasteiger partial charge on any atom is -0.493 e. The Morgan fingerprint density at radius 3 is 1.17 bits per heavy atom. The molecule has 12 aromatic rings. The number of nitrogens with one attached hydrogen (secondary N) is 3. The van der Waals surface area contributed by atoms with Gasteiger partial charge >= 0.3 is 0 Å². The Labute approximate surface area is 778 Å². The Morgan fingerprint density at radius 2 is 0.826 bits per heavy atom. The summed E-state index contributed by atoms with van der Waals surface area (Å²) in [5, 5.41) is 23.9. The number of aromatic nitrogens is 12. The Kier molecular flexibility index (Phi) is 29.9. The van der Waals surface area contributed by atoms with E-state index in [0.717, 1.165) is 244 Å². The number of ether oxygens (including phenoxy) is 4. The predicted octanol–water partition coefficient (Wildman–Crippen LogP) is 16.9. The van der Waals surface area contributed by atoms with E-state index in [4.69, 9.17) is 61.8 Å². The maximum Gasteiger partial charge on any atom is 0.251 e. The summed E-state index contributed by atoms with van der Waals surface area (Å²) in [6.45, 7) is 33.8. The van der Waals surface area contributed by atoms with Gasteiger partial charge in [0, 0.05) is 155 Å². The van der Waals surface area contributed by atoms with Gasteiger partial charge in [0.25, 0.3) is 5.91 Å². The van der Waals surface area contributed by atoms with Crippen LogP contribution in [-0.4, -0.2) is 158 Å². The van der Waals surface area contributed by atoms with Crippen LogP contribution in [0.3, 0.4) is 0 Å². The zero-order chi connectivity index (χ0) is 85.6. The van der Waals surface area contributed by atoms with Crippen LogP contribution in [0.25, 0.3) is 44.1 Å². The lowest BCUT2D eigenvalue weighted by Crippen LogP contribution is -2.43. The molecule has 1 saturated heterocycles. The number of fused-ring (bicyclic) bond motifs is 8. The monoisotopic (exact) mass is 2160 g/mol. The van der Waals surface area contributed by atoms with Crippen LogP contribution in [0.15, 0.2) is 138 Å². The highest BCUT2D eigenvalue weighted by molar-refractivity contribution is 14.1. The highest BCUT2D eigenvalue weighted by Crippen LogP contribution is 2.45. The first-order valence-electron chi connectivity index (χ1n) is 40.9. The zero-order valence-corrected chi connectivity index (χ0v) is 81.8. The van der Waals surface area contributed by atoms with Crippen LogP contribution in [0, 0.1) is 31.0 Å². The first kappa shape index (κ1) is 90.6. The van der Waals surface area contributed by atoms with Crippen molar-refractivity contribution in [1.82, 2.24) is 79.0 Å². The van der Waals surface area contributed by atoms with E-state index < -0.39 is 6.10 Å². The number of benzene rings is 4. The SMILES string of the molecule is CC(C)(C)CNCCn1c(Sc2cc3c(cc2[124I])CCO3)nc2c(N)nccc21.CC(C)(C)CNCCn1c(Sc2cc3c(cc2[131I])CCO3)nc2c(N)nccc21.CC(C)(C)NCCCn1c(Sc2cc3c(cc2[131I])CCO3)nc2c(N)nccc21.C[C@H](O)C(=O)N1CCC(CCn2c(Sc3cc4c(cc3[124I])CCO4)nc3c(N)nccc32)CC1. The molecule has 4 aromatic carbocycles. The maximum atomic E-state index is 12.1. The molecular formula is C87H106I4N20O6S4. The van der Waals surface area contributed by atoms with Crippen molar-refractivity contribution in [2.45, 2.75) is 199 Å². The maximum absolute atomic E-state index is 12.1. The molecule has 0 saturated carbocycles. The molecule has 34 heteroatoms. The second-order valence-electron chi connectivity index (χ2n) is 34.0. The normalized spacial score (nSPS) is 14.6. The molecule has 0 radical (unpaired) electrons. The van der Waals surface area contributed by atoms with E-state index in [9.17, 15) is 9.90 Å². The number of likely N-dealkylation sites (tertiary alicyclic amines) is 1. The Morgan fingerprint density at radius 1 is 0.496 bits per heavy atom. The van der Waals surface area contributed by atoms with Gasteiger partial charge < -0.3 is 86.1 Å². The number of halogens is 4. The summed E-state index contributed by atoms with van der Waals surface area (Å²) in [6, 6.07) is 25.4. The average molecular weight is 2170 g/mol. The van der Waals surface area contributed by atoms with Crippen molar-refractivity contribution < 1.29 is 28.8 Å². The van der Waals surface area contributed by atoms with Crippen molar-refractivity contribution in [3.63, 3.8) is 0 Å². The number of aryl methyl sites for hydroxylation is 2. The third-order valence-electron chi connectivity index (χ3n) is 21.0. The van der Waals surface area contributed by atoms with Gasteiger partial charge in [0.2, 0.25) is 0 Å². The van der Waals surface area contributed by atoms with Crippen molar-refractivity contribution in [2.75, 3.05) is 95.2 Å². The molecular weight excluding hydrogens is 2060 g/mol. The Hall–Kier alpha value is -6.61. The molecule has 5 aliphatic heterocycles. The van der Waals surface area contributed by atoms with E-state index in [1.54, 1.807) is 76.7 Å². The van der Waals surface area contributed by atoms with Crippen LogP contribution in [-0.2, 0) is 56.7 Å². The predicted molar refractivity (Wildman–Crippen MR) is 520 cm³/mol. The van der Waals surface area contributed by atoms with Gasteiger partial charge in [-0.15, -0.1) is 0 Å². The second-order valence-corrected chi connectivity index (χ2v) is 42.7. The molecule has 1 fully saturated rings. The second kappa shape index (κ2) is 39.9. The molecule has 13 heterocycles. The zero-order valence-electron chi connectivity index (χ0n) is 69.9. The summed E-state index contributed by atoms with van der Waals surface area (Å²) in [5.74, 6) is 6.13. The highest BCUT2D eigenvalue weighted by atomic mass is 131. The number of pyridine rings is 4. The fourth-order valence-corrected chi connectivity index (χ4v) is 22.1. The van der Waals surface area contributed by atoms with Crippen molar-refractivity contribution in [3.05, 3.63) is 134 Å². The van der Waals surface area contributed by atoms with Gasteiger partial charge in [0.15, 0.2) is 43.9 Å². The highest BCUT2D eigenvalue weighted by Gasteiger charge is 2.29. The summed E-state index contributed by atoms with van der Waals surface area (Å²) in [4.78, 5) is 54.7. The van der Waals surface area contributed by atoms with Gasteiger partial charge in [0.05, 0.1) is 48.5 Å². The van der Waals surface area contributed by atoms with Gasteiger partial charge in [-0.3, -0.25) is 4.79 Å². The molecule has 121 heavy (non-hydrogen) atoms. The quantitative estimate of drug-likeness (QED) is 0.0206. The van der Waals surface area contributed by atoms with Crippen molar-refractivity contribution >= 4 is 211 Å². The third-order valence-corrected chi connectivity index (χ3v) is 30.3. The molecule has 1 atom stereocenters. The number of rotatable bonds is 24. The van der Waals surface area contributed by atoms with E-state index in [2.05, 4.69) is 255 Å².